The number of nitrogens with zero attached hydrogens (tertiary/aromatic N) is 3. The van der Waals surface area contributed by atoms with E-state index in [0.29, 0.717) is 5.69 Å². The molecule has 1 aromatic rings. The van der Waals surface area contributed by atoms with E-state index in [1.807, 2.05) is 0 Å². The quantitative estimate of drug-likeness (QED) is 0.586. The zero-order chi connectivity index (χ0) is 21.3. The molecule has 0 atom stereocenters. The van der Waals surface area contributed by atoms with Crippen molar-refractivity contribution in [3.63, 3.8) is 0 Å². The van der Waals surface area contributed by atoms with Crippen LogP contribution >= 0.6 is 0 Å². The Kier molecular flexibility index (Phi) is 5.77. The molecule has 2 rings (SSSR count). The van der Waals surface area contributed by atoms with Gasteiger partial charge in [-0.25, -0.2) is 18.3 Å². The Labute approximate surface area is 160 Å². The molecule has 0 radical (unpaired) electrons. The van der Waals surface area contributed by atoms with Crippen LogP contribution in [-0.2, 0) is 36.1 Å². The van der Waals surface area contributed by atoms with Crippen LogP contribution in [0.4, 0.5) is 8.78 Å². The van der Waals surface area contributed by atoms with Gasteiger partial charge in [-0.2, -0.15) is 0 Å². The second kappa shape index (κ2) is 7.44. The van der Waals surface area contributed by atoms with E-state index in [9.17, 15) is 23.2 Å². The van der Waals surface area contributed by atoms with E-state index in [4.69, 9.17) is 4.74 Å². The number of rotatable bonds is 5. The molecular formula is C17H24F2N4O5. The van der Waals surface area contributed by atoms with Crippen molar-refractivity contribution in [1.82, 2.24) is 20.3 Å². The van der Waals surface area contributed by atoms with Crippen molar-refractivity contribution >= 4 is 17.8 Å². The first kappa shape index (κ1) is 21.7. The maximum Gasteiger partial charge on any atom is 0.396 e. The Morgan fingerprint density at radius 3 is 2.32 bits per heavy atom. The Bertz CT molecular complexity index is 777. The second-order valence-corrected chi connectivity index (χ2v) is 7.80. The second-order valence-electron chi connectivity index (χ2n) is 7.80. The first-order valence-corrected chi connectivity index (χ1v) is 8.76. The number of ether oxygens (including phenoxy) is 2. The molecule has 1 aromatic heterocycles. The third-order valence-electron chi connectivity index (χ3n) is 4.30. The number of carbonyl (C=O) groups is 3. The molecule has 1 N–H and O–H groups in total. The molecule has 28 heavy (non-hydrogen) atoms. The van der Waals surface area contributed by atoms with Crippen molar-refractivity contribution in [2.75, 3.05) is 6.61 Å². The predicted molar refractivity (Wildman–Crippen MR) is 90.9 cm³/mol. The minimum Gasteiger partial charge on any atom is -0.459 e. The number of hydrogen-bond donors (Lipinski definition) is 1. The highest BCUT2D eigenvalue weighted by molar-refractivity contribution is 6.32. The summed E-state index contributed by atoms with van der Waals surface area (Å²) in [5.74, 6) is -5.78. The lowest BCUT2D eigenvalue weighted by Crippen LogP contribution is -2.61. The molecule has 1 fully saturated rings. The SMILES string of the molecule is CCOC(=O)C(=O)NC1(c2nnn(COC(=O)C(C)(C)C)c2C)CC(F)(F)C1. The number of hydrogen-bond acceptors (Lipinski definition) is 7. The van der Waals surface area contributed by atoms with Gasteiger partial charge in [0.1, 0.15) is 5.69 Å². The zero-order valence-electron chi connectivity index (χ0n) is 16.5. The fourth-order valence-corrected chi connectivity index (χ4v) is 2.87. The number of aromatic nitrogens is 3. The van der Waals surface area contributed by atoms with Crippen LogP contribution in [0.1, 0.15) is 51.9 Å². The average molecular weight is 402 g/mol. The van der Waals surface area contributed by atoms with Gasteiger partial charge in [0, 0.05) is 12.8 Å². The average Bonchev–Trinajstić information content (AvgIpc) is 2.91. The number of amides is 1. The lowest BCUT2D eigenvalue weighted by Gasteiger charge is -2.46. The molecule has 0 saturated heterocycles. The maximum absolute atomic E-state index is 13.7. The summed E-state index contributed by atoms with van der Waals surface area (Å²) >= 11 is 0. The van der Waals surface area contributed by atoms with Crippen LogP contribution in [0.15, 0.2) is 0 Å². The molecule has 0 unspecified atom stereocenters. The molecule has 0 spiro atoms. The highest BCUT2D eigenvalue weighted by Gasteiger charge is 2.60. The first-order chi connectivity index (χ1) is 12.8. The number of halogens is 2. The maximum atomic E-state index is 13.7. The molecule has 1 aliphatic carbocycles. The van der Waals surface area contributed by atoms with E-state index in [1.165, 1.54) is 11.6 Å². The van der Waals surface area contributed by atoms with Crippen molar-refractivity contribution < 1.29 is 32.6 Å². The van der Waals surface area contributed by atoms with Crippen molar-refractivity contribution in [1.29, 1.82) is 0 Å². The third kappa shape index (κ3) is 4.45. The molecule has 156 valence electrons. The fraction of sp³-hybridized carbons (Fsp3) is 0.706. The van der Waals surface area contributed by atoms with E-state index in [2.05, 4.69) is 20.4 Å². The molecule has 0 aromatic carbocycles. The lowest BCUT2D eigenvalue weighted by molar-refractivity contribution is -0.165. The summed E-state index contributed by atoms with van der Waals surface area (Å²) in [6, 6.07) is 0. The van der Waals surface area contributed by atoms with Gasteiger partial charge in [0.05, 0.1) is 23.3 Å². The highest BCUT2D eigenvalue weighted by Crippen LogP contribution is 2.51. The normalized spacial score (nSPS) is 17.4. The summed E-state index contributed by atoms with van der Waals surface area (Å²) < 4.78 is 38.3. The van der Waals surface area contributed by atoms with Crippen molar-refractivity contribution in [3.05, 3.63) is 11.4 Å². The summed E-state index contributed by atoms with van der Waals surface area (Å²) in [5, 5.41) is 10.0. The number of esters is 2. The molecule has 1 heterocycles. The lowest BCUT2D eigenvalue weighted by atomic mass is 9.70. The Hall–Kier alpha value is -2.59. The fourth-order valence-electron chi connectivity index (χ4n) is 2.87. The molecule has 1 amide bonds. The smallest absolute Gasteiger partial charge is 0.396 e. The molecule has 1 saturated carbocycles. The van der Waals surface area contributed by atoms with Gasteiger partial charge in [0.2, 0.25) is 0 Å². The first-order valence-electron chi connectivity index (χ1n) is 8.76. The van der Waals surface area contributed by atoms with Gasteiger partial charge in [0.25, 0.3) is 5.92 Å². The monoisotopic (exact) mass is 402 g/mol. The van der Waals surface area contributed by atoms with Gasteiger partial charge < -0.3 is 14.8 Å². The van der Waals surface area contributed by atoms with Crippen LogP contribution in [0.5, 0.6) is 0 Å². The molecule has 11 heteroatoms. The summed E-state index contributed by atoms with van der Waals surface area (Å²) in [6.07, 6.45) is -1.46. The molecule has 9 nitrogen and oxygen atoms in total. The van der Waals surface area contributed by atoms with Gasteiger partial charge >= 0.3 is 17.8 Å². The summed E-state index contributed by atoms with van der Waals surface area (Å²) in [7, 11) is 0. The highest BCUT2D eigenvalue weighted by atomic mass is 19.3. The summed E-state index contributed by atoms with van der Waals surface area (Å²) in [6.45, 7) is 7.85. The van der Waals surface area contributed by atoms with Crippen LogP contribution in [-0.4, -0.2) is 45.4 Å². The van der Waals surface area contributed by atoms with Crippen LogP contribution in [0.2, 0.25) is 0 Å². The number of nitrogens with one attached hydrogen (secondary N) is 1. The summed E-state index contributed by atoms with van der Waals surface area (Å²) in [4.78, 5) is 35.5. The number of carbonyl (C=O) groups excluding carboxylic acids is 3. The van der Waals surface area contributed by atoms with Gasteiger partial charge in [-0.15, -0.1) is 5.10 Å². The number of alkyl halides is 2. The molecule has 0 aliphatic heterocycles. The Morgan fingerprint density at radius 1 is 1.21 bits per heavy atom. The minimum atomic E-state index is -3.02. The zero-order valence-corrected chi connectivity index (χ0v) is 16.5. The van der Waals surface area contributed by atoms with Crippen molar-refractivity contribution in [3.8, 4) is 0 Å². The topological polar surface area (TPSA) is 112 Å². The van der Waals surface area contributed by atoms with Crippen LogP contribution in [0.3, 0.4) is 0 Å². The van der Waals surface area contributed by atoms with Crippen molar-refractivity contribution in [2.24, 2.45) is 5.41 Å². The third-order valence-corrected chi connectivity index (χ3v) is 4.30. The van der Waals surface area contributed by atoms with Gasteiger partial charge in [-0.3, -0.25) is 9.59 Å². The van der Waals surface area contributed by atoms with Gasteiger partial charge in [-0.1, -0.05) is 5.21 Å². The van der Waals surface area contributed by atoms with E-state index < -0.39 is 47.6 Å². The largest absolute Gasteiger partial charge is 0.459 e. The Balaban J connectivity index is 2.22. The molecular weight excluding hydrogens is 378 g/mol. The molecule has 0 bridgehead atoms. The van der Waals surface area contributed by atoms with E-state index in [1.54, 1.807) is 27.7 Å². The van der Waals surface area contributed by atoms with E-state index >= 15 is 0 Å². The van der Waals surface area contributed by atoms with Crippen LogP contribution in [0, 0.1) is 12.3 Å². The summed E-state index contributed by atoms with van der Waals surface area (Å²) in [5.41, 5.74) is -1.85. The Morgan fingerprint density at radius 2 is 1.82 bits per heavy atom. The van der Waals surface area contributed by atoms with E-state index in [-0.39, 0.29) is 19.0 Å². The van der Waals surface area contributed by atoms with Gasteiger partial charge in [0.15, 0.2) is 6.73 Å². The van der Waals surface area contributed by atoms with Gasteiger partial charge in [-0.05, 0) is 34.6 Å². The van der Waals surface area contributed by atoms with Crippen LogP contribution < -0.4 is 5.32 Å². The van der Waals surface area contributed by atoms with E-state index in [0.717, 1.165) is 0 Å². The van der Waals surface area contributed by atoms with Crippen LogP contribution in [0.25, 0.3) is 0 Å². The standard InChI is InChI=1S/C17H24F2N4O5/c1-6-27-13(25)12(24)20-16(7-17(18,19)8-16)11-10(2)23(22-21-11)9-28-14(26)15(3,4)5/h6-9H2,1-5H3,(H,20,24). The minimum absolute atomic E-state index is 0.0240. The predicted octanol–water partition coefficient (Wildman–Crippen LogP) is 1.44. The van der Waals surface area contributed by atoms with Crippen molar-refractivity contribution in [2.45, 2.75) is 65.7 Å². The molecule has 1 aliphatic rings.